The van der Waals surface area contributed by atoms with Crippen LogP contribution in [0.2, 0.25) is 0 Å². The fourth-order valence-electron chi connectivity index (χ4n) is 1.68. The summed E-state index contributed by atoms with van der Waals surface area (Å²) in [7, 11) is 0. The molecule has 0 aromatic carbocycles. The van der Waals surface area contributed by atoms with Gasteiger partial charge in [-0.05, 0) is 6.42 Å². The van der Waals surface area contributed by atoms with Crippen molar-refractivity contribution in [3.8, 4) is 0 Å². The summed E-state index contributed by atoms with van der Waals surface area (Å²) in [5.74, 6) is -0.655. The van der Waals surface area contributed by atoms with Crippen LogP contribution in [0.15, 0.2) is 0 Å². The van der Waals surface area contributed by atoms with Gasteiger partial charge in [0.05, 0.1) is 0 Å². The summed E-state index contributed by atoms with van der Waals surface area (Å²) >= 11 is 2.25. The highest BCUT2D eigenvalue weighted by molar-refractivity contribution is 14.1. The number of nitrogens with one attached hydrogen (secondary N) is 1. The number of hydrogen-bond donors (Lipinski definition) is 1. The SMILES string of the molecule is CC1CC(=O)N(CCC(=O)NCCCI)C1=O. The zero-order valence-electron chi connectivity index (χ0n) is 9.87. The van der Waals surface area contributed by atoms with Crippen LogP contribution < -0.4 is 5.32 Å². The third-order valence-corrected chi connectivity index (χ3v) is 3.43. The van der Waals surface area contributed by atoms with E-state index in [2.05, 4.69) is 27.9 Å². The third kappa shape index (κ3) is 4.25. The molecule has 1 N–H and O–H groups in total. The Hall–Kier alpha value is -0.660. The van der Waals surface area contributed by atoms with Gasteiger partial charge in [-0.25, -0.2) is 0 Å². The molecule has 1 fully saturated rings. The molecular formula is C11H17IN2O3. The van der Waals surface area contributed by atoms with Gasteiger partial charge < -0.3 is 5.32 Å². The van der Waals surface area contributed by atoms with Gasteiger partial charge in [0.25, 0.3) is 0 Å². The van der Waals surface area contributed by atoms with Crippen LogP contribution in [0.1, 0.15) is 26.2 Å². The second kappa shape index (κ2) is 6.93. The Labute approximate surface area is 114 Å². The Morgan fingerprint density at radius 3 is 2.76 bits per heavy atom. The molecule has 1 unspecified atom stereocenters. The largest absolute Gasteiger partial charge is 0.356 e. The van der Waals surface area contributed by atoms with Crippen LogP contribution in [0.4, 0.5) is 0 Å². The highest BCUT2D eigenvalue weighted by Gasteiger charge is 2.35. The van der Waals surface area contributed by atoms with Crippen molar-refractivity contribution in [2.75, 3.05) is 17.5 Å². The Kier molecular flexibility index (Phi) is 5.87. The molecule has 3 amide bonds. The molecule has 6 heteroatoms. The standard InChI is InChI=1S/C11H17IN2O3/c1-8-7-10(16)14(11(8)17)6-3-9(15)13-5-2-4-12/h8H,2-7H2,1H3,(H,13,15). The molecule has 1 heterocycles. The lowest BCUT2D eigenvalue weighted by atomic mass is 10.1. The van der Waals surface area contributed by atoms with Crippen LogP contribution >= 0.6 is 22.6 Å². The Balaban J connectivity index is 2.28. The maximum absolute atomic E-state index is 11.6. The Morgan fingerprint density at radius 1 is 1.53 bits per heavy atom. The fourth-order valence-corrected chi connectivity index (χ4v) is 2.06. The first kappa shape index (κ1) is 14.4. The zero-order valence-corrected chi connectivity index (χ0v) is 12.0. The summed E-state index contributed by atoms with van der Waals surface area (Å²) < 4.78 is 0.999. The maximum Gasteiger partial charge on any atom is 0.232 e. The molecule has 96 valence electrons. The van der Waals surface area contributed by atoms with Gasteiger partial charge >= 0.3 is 0 Å². The number of carbonyl (C=O) groups excluding carboxylic acids is 3. The average Bonchev–Trinajstić information content (AvgIpc) is 2.51. The predicted molar refractivity (Wildman–Crippen MR) is 71.6 cm³/mol. The first-order valence-corrected chi connectivity index (χ1v) is 7.25. The van der Waals surface area contributed by atoms with E-state index in [-0.39, 0.29) is 43.0 Å². The Morgan fingerprint density at radius 2 is 2.24 bits per heavy atom. The third-order valence-electron chi connectivity index (χ3n) is 2.66. The van der Waals surface area contributed by atoms with Crippen molar-refractivity contribution in [3.05, 3.63) is 0 Å². The van der Waals surface area contributed by atoms with E-state index in [9.17, 15) is 14.4 Å². The Bertz CT molecular complexity index is 320. The minimum absolute atomic E-state index is 0.102. The van der Waals surface area contributed by atoms with Crippen molar-refractivity contribution in [2.45, 2.75) is 26.2 Å². The number of likely N-dealkylation sites (tertiary alicyclic amines) is 1. The molecule has 1 aliphatic rings. The van der Waals surface area contributed by atoms with Gasteiger partial charge in [-0.15, -0.1) is 0 Å². The molecule has 0 radical (unpaired) electrons. The quantitative estimate of drug-likeness (QED) is 0.332. The van der Waals surface area contributed by atoms with E-state index in [0.717, 1.165) is 10.8 Å². The molecule has 1 saturated heterocycles. The smallest absolute Gasteiger partial charge is 0.232 e. The fraction of sp³-hybridized carbons (Fsp3) is 0.727. The van der Waals surface area contributed by atoms with Crippen molar-refractivity contribution >= 4 is 40.3 Å². The first-order valence-electron chi connectivity index (χ1n) is 5.73. The molecule has 0 aromatic heterocycles. The molecule has 0 aromatic rings. The minimum atomic E-state index is -0.232. The number of carbonyl (C=O) groups is 3. The van der Waals surface area contributed by atoms with E-state index >= 15 is 0 Å². The van der Waals surface area contributed by atoms with Crippen LogP contribution in [0.3, 0.4) is 0 Å². The van der Waals surface area contributed by atoms with E-state index in [4.69, 9.17) is 0 Å². The number of halogens is 1. The van der Waals surface area contributed by atoms with Crippen LogP contribution in [-0.4, -0.2) is 40.1 Å². The second-order valence-corrected chi connectivity index (χ2v) is 5.21. The highest BCUT2D eigenvalue weighted by atomic mass is 127. The lowest BCUT2D eigenvalue weighted by Gasteiger charge is -2.13. The van der Waals surface area contributed by atoms with Gasteiger partial charge in [0.15, 0.2) is 0 Å². The number of alkyl halides is 1. The van der Waals surface area contributed by atoms with Crippen LogP contribution in [0, 0.1) is 5.92 Å². The zero-order chi connectivity index (χ0) is 12.8. The van der Waals surface area contributed by atoms with Crippen LogP contribution in [-0.2, 0) is 14.4 Å². The summed E-state index contributed by atoms with van der Waals surface area (Å²) in [6, 6.07) is 0. The van der Waals surface area contributed by atoms with Crippen molar-refractivity contribution in [3.63, 3.8) is 0 Å². The molecule has 1 atom stereocenters. The molecule has 1 rings (SSSR count). The van der Waals surface area contributed by atoms with Crippen LogP contribution in [0.5, 0.6) is 0 Å². The maximum atomic E-state index is 11.6. The number of rotatable bonds is 6. The molecule has 0 aliphatic carbocycles. The van der Waals surface area contributed by atoms with Gasteiger partial charge in [-0.2, -0.15) is 0 Å². The molecule has 17 heavy (non-hydrogen) atoms. The molecule has 0 spiro atoms. The van der Waals surface area contributed by atoms with Gasteiger partial charge in [0, 0.05) is 36.3 Å². The van der Waals surface area contributed by atoms with E-state index < -0.39 is 0 Å². The molecule has 0 saturated carbocycles. The van der Waals surface area contributed by atoms with Crippen molar-refractivity contribution < 1.29 is 14.4 Å². The van der Waals surface area contributed by atoms with Crippen molar-refractivity contribution in [1.82, 2.24) is 10.2 Å². The lowest BCUT2D eigenvalue weighted by Crippen LogP contribution is -2.35. The van der Waals surface area contributed by atoms with Gasteiger partial charge in [-0.3, -0.25) is 19.3 Å². The van der Waals surface area contributed by atoms with E-state index in [1.165, 1.54) is 4.90 Å². The molecule has 5 nitrogen and oxygen atoms in total. The summed E-state index contributed by atoms with van der Waals surface area (Å²) in [6.07, 6.45) is 1.41. The summed E-state index contributed by atoms with van der Waals surface area (Å²) in [6.45, 7) is 2.60. The first-order chi connectivity index (χ1) is 8.06. The van der Waals surface area contributed by atoms with E-state index in [1.54, 1.807) is 6.92 Å². The lowest BCUT2D eigenvalue weighted by molar-refractivity contribution is -0.139. The van der Waals surface area contributed by atoms with Gasteiger partial charge in [0.1, 0.15) is 0 Å². The van der Waals surface area contributed by atoms with Crippen molar-refractivity contribution in [1.29, 1.82) is 0 Å². The monoisotopic (exact) mass is 352 g/mol. The second-order valence-electron chi connectivity index (χ2n) is 4.13. The van der Waals surface area contributed by atoms with Gasteiger partial charge in [0.2, 0.25) is 17.7 Å². The summed E-state index contributed by atoms with van der Waals surface area (Å²) in [5, 5.41) is 2.76. The predicted octanol–water partition coefficient (Wildman–Crippen LogP) is 0.713. The number of amides is 3. The number of imide groups is 1. The summed E-state index contributed by atoms with van der Waals surface area (Å²) in [4.78, 5) is 35.6. The number of nitrogens with zero attached hydrogens (tertiary/aromatic N) is 1. The minimum Gasteiger partial charge on any atom is -0.356 e. The van der Waals surface area contributed by atoms with E-state index in [0.29, 0.717) is 6.54 Å². The van der Waals surface area contributed by atoms with E-state index in [1.807, 2.05) is 0 Å². The highest BCUT2D eigenvalue weighted by Crippen LogP contribution is 2.18. The van der Waals surface area contributed by atoms with Crippen LogP contribution in [0.25, 0.3) is 0 Å². The molecule has 0 bridgehead atoms. The molecule has 1 aliphatic heterocycles. The number of hydrogen-bond acceptors (Lipinski definition) is 3. The summed E-state index contributed by atoms with van der Waals surface area (Å²) in [5.41, 5.74) is 0. The average molecular weight is 352 g/mol. The molecular weight excluding hydrogens is 335 g/mol. The normalized spacial score (nSPS) is 19.9. The van der Waals surface area contributed by atoms with Gasteiger partial charge in [-0.1, -0.05) is 29.5 Å². The van der Waals surface area contributed by atoms with Crippen molar-refractivity contribution in [2.24, 2.45) is 5.92 Å². The topological polar surface area (TPSA) is 66.5 Å².